The van der Waals surface area contributed by atoms with Crippen LogP contribution in [0.1, 0.15) is 12.8 Å². The van der Waals surface area contributed by atoms with Gasteiger partial charge < -0.3 is 14.6 Å². The Hall–Kier alpha value is -0.380. The van der Waals surface area contributed by atoms with Gasteiger partial charge in [0.05, 0.1) is 12.7 Å². The highest BCUT2D eigenvalue weighted by atomic mass is 16.7. The third-order valence-corrected chi connectivity index (χ3v) is 2.38. The minimum absolute atomic E-state index is 0.195. The molecular formula is C8H12O3. The summed E-state index contributed by atoms with van der Waals surface area (Å²) in [6.07, 6.45) is 2.79. The summed E-state index contributed by atoms with van der Waals surface area (Å²) in [7, 11) is 0. The summed E-state index contributed by atoms with van der Waals surface area (Å²) in [5, 5.41) is 9.80. The molecule has 2 aliphatic heterocycles. The Labute approximate surface area is 65.6 Å². The van der Waals surface area contributed by atoms with E-state index in [0.717, 1.165) is 6.42 Å². The highest BCUT2D eigenvalue weighted by Crippen LogP contribution is 2.35. The molecular weight excluding hydrogens is 144 g/mol. The minimum atomic E-state index is -0.951. The summed E-state index contributed by atoms with van der Waals surface area (Å²) in [4.78, 5) is 0. The predicted molar refractivity (Wildman–Crippen MR) is 39.0 cm³/mol. The van der Waals surface area contributed by atoms with Gasteiger partial charge in [-0.05, 0) is 12.8 Å². The van der Waals surface area contributed by atoms with Gasteiger partial charge in [0.1, 0.15) is 5.60 Å². The van der Waals surface area contributed by atoms with Gasteiger partial charge in [0.25, 0.3) is 0 Å². The van der Waals surface area contributed by atoms with Crippen molar-refractivity contribution in [2.24, 2.45) is 0 Å². The highest BCUT2D eigenvalue weighted by molar-refractivity contribution is 5.03. The average Bonchev–Trinajstić information content (AvgIpc) is 2.44. The van der Waals surface area contributed by atoms with Gasteiger partial charge in [0.15, 0.2) is 6.29 Å². The molecule has 0 saturated carbocycles. The summed E-state index contributed by atoms with van der Waals surface area (Å²) >= 11 is 0. The van der Waals surface area contributed by atoms with Crippen LogP contribution >= 0.6 is 0 Å². The zero-order valence-corrected chi connectivity index (χ0v) is 6.32. The van der Waals surface area contributed by atoms with E-state index in [1.807, 2.05) is 0 Å². The molecule has 3 atom stereocenters. The molecule has 62 valence electrons. The Morgan fingerprint density at radius 2 is 2.45 bits per heavy atom. The number of hydrogen-bond acceptors (Lipinski definition) is 3. The van der Waals surface area contributed by atoms with E-state index in [1.54, 1.807) is 0 Å². The normalized spacial score (nSPS) is 49.2. The molecule has 2 bridgehead atoms. The van der Waals surface area contributed by atoms with Crippen molar-refractivity contribution in [3.63, 3.8) is 0 Å². The van der Waals surface area contributed by atoms with Crippen LogP contribution in [-0.2, 0) is 9.47 Å². The van der Waals surface area contributed by atoms with Crippen LogP contribution in [0.2, 0.25) is 0 Å². The SMILES string of the molecule is C=C[C@@]1(O)CC[C@@H]2CO[C@@H]1O2. The largest absolute Gasteiger partial charge is 0.380 e. The molecule has 0 aliphatic carbocycles. The van der Waals surface area contributed by atoms with E-state index in [9.17, 15) is 5.11 Å². The van der Waals surface area contributed by atoms with Gasteiger partial charge >= 0.3 is 0 Å². The molecule has 0 unspecified atom stereocenters. The van der Waals surface area contributed by atoms with E-state index in [4.69, 9.17) is 9.47 Å². The highest BCUT2D eigenvalue weighted by Gasteiger charge is 2.46. The zero-order chi connectivity index (χ0) is 7.90. The van der Waals surface area contributed by atoms with E-state index in [-0.39, 0.29) is 6.10 Å². The standard InChI is InChI=1S/C8H12O3/c1-2-8(9)4-3-6-5-10-7(8)11-6/h2,6-7,9H,1,3-5H2/t6-,7-,8-/m1/s1. The molecule has 2 saturated heterocycles. The summed E-state index contributed by atoms with van der Waals surface area (Å²) in [6, 6.07) is 0. The van der Waals surface area contributed by atoms with Crippen molar-refractivity contribution >= 4 is 0 Å². The van der Waals surface area contributed by atoms with Crippen LogP contribution in [0.15, 0.2) is 12.7 Å². The lowest BCUT2D eigenvalue weighted by atomic mass is 9.94. The molecule has 2 aliphatic rings. The summed E-state index contributed by atoms with van der Waals surface area (Å²) < 4.78 is 10.6. The Morgan fingerprint density at radius 1 is 1.64 bits per heavy atom. The van der Waals surface area contributed by atoms with Crippen LogP contribution in [0.4, 0.5) is 0 Å². The van der Waals surface area contributed by atoms with Crippen molar-refractivity contribution in [1.82, 2.24) is 0 Å². The van der Waals surface area contributed by atoms with Gasteiger partial charge in [-0.1, -0.05) is 6.08 Å². The lowest BCUT2D eigenvalue weighted by molar-refractivity contribution is -0.189. The molecule has 2 fully saturated rings. The molecule has 2 rings (SSSR count). The smallest absolute Gasteiger partial charge is 0.190 e. The van der Waals surface area contributed by atoms with Crippen LogP contribution in [0, 0.1) is 0 Å². The lowest BCUT2D eigenvalue weighted by Gasteiger charge is -2.33. The Bertz CT molecular complexity index is 180. The number of ether oxygens (including phenoxy) is 2. The first kappa shape index (κ1) is 7.28. The van der Waals surface area contributed by atoms with Crippen LogP contribution in [0.25, 0.3) is 0 Å². The minimum Gasteiger partial charge on any atom is -0.380 e. The lowest BCUT2D eigenvalue weighted by Crippen LogP contribution is -2.44. The summed E-state index contributed by atoms with van der Waals surface area (Å²) in [5.74, 6) is 0. The second-order valence-corrected chi connectivity index (χ2v) is 3.16. The Kier molecular flexibility index (Phi) is 1.52. The van der Waals surface area contributed by atoms with Crippen LogP contribution in [0.5, 0.6) is 0 Å². The third-order valence-electron chi connectivity index (χ3n) is 2.38. The third kappa shape index (κ3) is 1.00. The van der Waals surface area contributed by atoms with E-state index in [2.05, 4.69) is 6.58 Å². The second-order valence-electron chi connectivity index (χ2n) is 3.16. The van der Waals surface area contributed by atoms with Crippen molar-refractivity contribution in [2.45, 2.75) is 30.8 Å². The average molecular weight is 156 g/mol. The van der Waals surface area contributed by atoms with Gasteiger partial charge in [-0.15, -0.1) is 6.58 Å². The number of rotatable bonds is 1. The van der Waals surface area contributed by atoms with Gasteiger partial charge in [-0.25, -0.2) is 0 Å². The van der Waals surface area contributed by atoms with E-state index in [1.165, 1.54) is 6.08 Å². The molecule has 3 nitrogen and oxygen atoms in total. The molecule has 0 aromatic heterocycles. The second kappa shape index (κ2) is 2.30. The molecule has 11 heavy (non-hydrogen) atoms. The monoisotopic (exact) mass is 156 g/mol. The summed E-state index contributed by atoms with van der Waals surface area (Å²) in [6.45, 7) is 4.17. The van der Waals surface area contributed by atoms with Crippen molar-refractivity contribution in [3.8, 4) is 0 Å². The molecule has 0 radical (unpaired) electrons. The number of aliphatic hydroxyl groups is 1. The molecule has 3 heteroatoms. The molecule has 0 spiro atoms. The van der Waals surface area contributed by atoms with Crippen LogP contribution < -0.4 is 0 Å². The van der Waals surface area contributed by atoms with Gasteiger partial charge in [-0.2, -0.15) is 0 Å². The number of hydrogen-bond donors (Lipinski definition) is 1. The predicted octanol–water partition coefficient (Wildman–Crippen LogP) is 0.439. The van der Waals surface area contributed by atoms with Gasteiger partial charge in [0, 0.05) is 0 Å². The first-order valence-electron chi connectivity index (χ1n) is 3.88. The molecule has 0 aromatic rings. The quantitative estimate of drug-likeness (QED) is 0.560. The fourth-order valence-corrected chi connectivity index (χ4v) is 1.57. The first-order chi connectivity index (χ1) is 5.24. The van der Waals surface area contributed by atoms with Crippen molar-refractivity contribution in [2.75, 3.05) is 6.61 Å². The van der Waals surface area contributed by atoms with E-state index >= 15 is 0 Å². The molecule has 1 N–H and O–H groups in total. The maximum atomic E-state index is 9.80. The first-order valence-corrected chi connectivity index (χ1v) is 3.88. The Balaban J connectivity index is 2.18. The van der Waals surface area contributed by atoms with Gasteiger partial charge in [0.2, 0.25) is 0 Å². The van der Waals surface area contributed by atoms with Crippen LogP contribution in [-0.4, -0.2) is 29.7 Å². The fraction of sp³-hybridized carbons (Fsp3) is 0.750. The Morgan fingerprint density at radius 3 is 3.18 bits per heavy atom. The zero-order valence-electron chi connectivity index (χ0n) is 6.32. The van der Waals surface area contributed by atoms with Crippen LogP contribution in [0.3, 0.4) is 0 Å². The van der Waals surface area contributed by atoms with E-state index < -0.39 is 11.9 Å². The molecule has 2 heterocycles. The topological polar surface area (TPSA) is 38.7 Å². The molecule has 0 amide bonds. The van der Waals surface area contributed by atoms with Crippen molar-refractivity contribution in [3.05, 3.63) is 12.7 Å². The fourth-order valence-electron chi connectivity index (χ4n) is 1.57. The molecule has 0 aromatic carbocycles. The maximum absolute atomic E-state index is 9.80. The van der Waals surface area contributed by atoms with E-state index in [0.29, 0.717) is 13.0 Å². The van der Waals surface area contributed by atoms with Crippen molar-refractivity contribution < 1.29 is 14.6 Å². The number of fused-ring (bicyclic) bond motifs is 2. The van der Waals surface area contributed by atoms with Crippen molar-refractivity contribution in [1.29, 1.82) is 0 Å². The maximum Gasteiger partial charge on any atom is 0.190 e. The summed E-state index contributed by atoms with van der Waals surface area (Å²) in [5.41, 5.74) is -0.951. The van der Waals surface area contributed by atoms with Gasteiger partial charge in [-0.3, -0.25) is 0 Å².